The molecule has 2 aromatic rings. The van der Waals surface area contributed by atoms with Gasteiger partial charge in [0.25, 0.3) is 0 Å². The summed E-state index contributed by atoms with van der Waals surface area (Å²) >= 11 is 1.56. The van der Waals surface area contributed by atoms with E-state index in [0.29, 0.717) is 28.8 Å². The van der Waals surface area contributed by atoms with Crippen molar-refractivity contribution in [3.8, 4) is 0 Å². The summed E-state index contributed by atoms with van der Waals surface area (Å²) in [7, 11) is -2.06. The predicted octanol–water partition coefficient (Wildman–Crippen LogP) is 4.24. The Morgan fingerprint density at radius 3 is 2.59 bits per heavy atom. The first-order chi connectivity index (χ1) is 15.3. The molecule has 0 amide bonds. The topological polar surface area (TPSA) is 89.9 Å². The molecule has 1 aliphatic heterocycles. The van der Waals surface area contributed by atoms with Crippen molar-refractivity contribution < 1.29 is 22.8 Å². The van der Waals surface area contributed by atoms with E-state index in [1.54, 1.807) is 24.8 Å². The predicted molar refractivity (Wildman–Crippen MR) is 124 cm³/mol. The fourth-order valence-electron chi connectivity index (χ4n) is 4.53. The molecule has 2 atom stereocenters. The Hall–Kier alpha value is -2.45. The third-order valence-corrected chi connectivity index (χ3v) is 9.18. The second-order valence-corrected chi connectivity index (χ2v) is 11.5. The summed E-state index contributed by atoms with van der Waals surface area (Å²) in [6.45, 7) is 1.73. The van der Waals surface area contributed by atoms with Crippen molar-refractivity contribution >= 4 is 38.9 Å². The maximum Gasteiger partial charge on any atom is 0.179 e. The lowest BCUT2D eigenvalue weighted by Crippen LogP contribution is -2.37. The molecule has 0 saturated heterocycles. The summed E-state index contributed by atoms with van der Waals surface area (Å²) in [5, 5.41) is 3.86. The second-order valence-electron chi connectivity index (χ2n) is 8.07. The van der Waals surface area contributed by atoms with Crippen LogP contribution in [-0.4, -0.2) is 43.8 Å². The number of Topliss-reactive ketones (excluding diaryl/α,β-unsaturated/α-hetero) is 2. The molecule has 1 fully saturated rings. The van der Waals surface area contributed by atoms with E-state index in [1.807, 2.05) is 30.3 Å². The number of rotatable bonds is 5. The molecule has 1 heterocycles. The first kappa shape index (κ1) is 22.7. The largest absolute Gasteiger partial charge is 0.399 e. The monoisotopic (exact) mass is 471 g/mol. The van der Waals surface area contributed by atoms with E-state index < -0.39 is 15.8 Å². The molecule has 0 N–H and O–H groups in total. The molecule has 168 valence electrons. The average molecular weight is 472 g/mol. The number of hydrogen-bond donors (Lipinski definition) is 0. The van der Waals surface area contributed by atoms with Crippen molar-refractivity contribution in [1.29, 1.82) is 0 Å². The van der Waals surface area contributed by atoms with E-state index in [4.69, 9.17) is 4.84 Å². The van der Waals surface area contributed by atoms with Gasteiger partial charge in [-0.15, -0.1) is 11.8 Å². The van der Waals surface area contributed by atoms with Gasteiger partial charge in [0.1, 0.15) is 12.9 Å². The van der Waals surface area contributed by atoms with E-state index in [1.165, 1.54) is 13.2 Å². The van der Waals surface area contributed by atoms with Gasteiger partial charge < -0.3 is 4.84 Å². The SMILES string of the molecule is CO/N=C1\CCS(=O)(=O)c2ccc(C(=O)C3C(=O)CCCC3Sc3ccccc3)c(C)c21. The summed E-state index contributed by atoms with van der Waals surface area (Å²) in [4.78, 5) is 32.7. The Morgan fingerprint density at radius 1 is 1.12 bits per heavy atom. The van der Waals surface area contributed by atoms with Crippen LogP contribution in [-0.2, 0) is 19.5 Å². The van der Waals surface area contributed by atoms with Crippen LogP contribution in [0.25, 0.3) is 0 Å². The number of thioether (sulfide) groups is 1. The summed E-state index contributed by atoms with van der Waals surface area (Å²) < 4.78 is 25.3. The highest BCUT2D eigenvalue weighted by molar-refractivity contribution is 8.00. The summed E-state index contributed by atoms with van der Waals surface area (Å²) in [5.41, 5.74) is 1.85. The second kappa shape index (κ2) is 9.19. The normalized spacial score (nSPS) is 23.6. The number of carbonyl (C=O) groups excluding carboxylic acids is 2. The molecule has 2 aliphatic rings. The number of fused-ring (bicyclic) bond motifs is 1. The minimum Gasteiger partial charge on any atom is -0.399 e. The highest BCUT2D eigenvalue weighted by atomic mass is 32.2. The molecule has 2 aromatic carbocycles. The Morgan fingerprint density at radius 2 is 1.88 bits per heavy atom. The van der Waals surface area contributed by atoms with E-state index in [0.717, 1.165) is 17.7 Å². The van der Waals surface area contributed by atoms with Gasteiger partial charge in [-0.2, -0.15) is 0 Å². The Kier molecular flexibility index (Phi) is 6.53. The molecular weight excluding hydrogens is 446 g/mol. The molecular formula is C24H25NO5S2. The number of nitrogens with zero attached hydrogens (tertiary/aromatic N) is 1. The fourth-order valence-corrected chi connectivity index (χ4v) is 7.43. The maximum absolute atomic E-state index is 13.7. The van der Waals surface area contributed by atoms with Crippen molar-refractivity contribution in [2.75, 3.05) is 12.9 Å². The van der Waals surface area contributed by atoms with Gasteiger partial charge in [0.05, 0.1) is 22.3 Å². The van der Waals surface area contributed by atoms with Crippen molar-refractivity contribution in [3.05, 3.63) is 59.2 Å². The summed E-state index contributed by atoms with van der Waals surface area (Å²) in [5.74, 6) is -1.10. The average Bonchev–Trinajstić information content (AvgIpc) is 2.76. The number of ketones is 2. The zero-order chi connectivity index (χ0) is 22.9. The van der Waals surface area contributed by atoms with Crippen molar-refractivity contribution in [1.82, 2.24) is 0 Å². The van der Waals surface area contributed by atoms with Gasteiger partial charge >= 0.3 is 0 Å². The number of oxime groups is 1. The lowest BCUT2D eigenvalue weighted by atomic mass is 9.80. The molecule has 32 heavy (non-hydrogen) atoms. The Labute approximate surface area is 192 Å². The van der Waals surface area contributed by atoms with Crippen LogP contribution in [0, 0.1) is 12.8 Å². The molecule has 0 radical (unpaired) electrons. The van der Waals surface area contributed by atoms with Crippen LogP contribution in [0.2, 0.25) is 0 Å². The lowest BCUT2D eigenvalue weighted by molar-refractivity contribution is -0.122. The smallest absolute Gasteiger partial charge is 0.179 e. The van der Waals surface area contributed by atoms with E-state index >= 15 is 0 Å². The first-order valence-electron chi connectivity index (χ1n) is 10.6. The van der Waals surface area contributed by atoms with Gasteiger partial charge in [0, 0.05) is 34.1 Å². The number of hydrogen-bond acceptors (Lipinski definition) is 7. The first-order valence-corrected chi connectivity index (χ1v) is 13.1. The maximum atomic E-state index is 13.7. The van der Waals surface area contributed by atoms with Gasteiger partial charge in [-0.05, 0) is 49.6 Å². The van der Waals surface area contributed by atoms with Crippen LogP contribution in [0.5, 0.6) is 0 Å². The van der Waals surface area contributed by atoms with Crippen LogP contribution < -0.4 is 0 Å². The molecule has 1 saturated carbocycles. The van der Waals surface area contributed by atoms with Crippen molar-refractivity contribution in [2.24, 2.45) is 11.1 Å². The number of sulfone groups is 1. The number of benzene rings is 2. The molecule has 0 spiro atoms. The van der Waals surface area contributed by atoms with Gasteiger partial charge in [0.2, 0.25) is 0 Å². The Balaban J connectivity index is 1.75. The van der Waals surface area contributed by atoms with E-state index in [2.05, 4.69) is 5.16 Å². The van der Waals surface area contributed by atoms with E-state index in [9.17, 15) is 18.0 Å². The minimum absolute atomic E-state index is 0.0498. The fraction of sp³-hybridized carbons (Fsp3) is 0.375. The molecule has 4 rings (SSSR count). The van der Waals surface area contributed by atoms with Gasteiger partial charge in [0.15, 0.2) is 15.6 Å². The molecule has 0 bridgehead atoms. The molecule has 0 aromatic heterocycles. The highest BCUT2D eigenvalue weighted by Gasteiger charge is 2.40. The molecule has 8 heteroatoms. The minimum atomic E-state index is -3.46. The summed E-state index contributed by atoms with van der Waals surface area (Å²) in [6.07, 6.45) is 2.14. The van der Waals surface area contributed by atoms with Gasteiger partial charge in [-0.25, -0.2) is 8.42 Å². The quantitative estimate of drug-likeness (QED) is 0.368. The third-order valence-electron chi connectivity index (χ3n) is 6.07. The van der Waals surface area contributed by atoms with Gasteiger partial charge in [-0.1, -0.05) is 23.4 Å². The zero-order valence-electron chi connectivity index (χ0n) is 18.0. The third kappa shape index (κ3) is 4.26. The highest BCUT2D eigenvalue weighted by Crippen LogP contribution is 2.39. The Bertz CT molecular complexity index is 1190. The van der Waals surface area contributed by atoms with Crippen LogP contribution in [0.4, 0.5) is 0 Å². The molecule has 2 unspecified atom stereocenters. The summed E-state index contributed by atoms with van der Waals surface area (Å²) in [6, 6.07) is 12.8. The van der Waals surface area contributed by atoms with Crippen LogP contribution in [0.15, 0.2) is 57.4 Å². The van der Waals surface area contributed by atoms with Crippen molar-refractivity contribution in [3.63, 3.8) is 0 Å². The standard InChI is InChI=1S/C24H25NO5S2/c1-15-17(11-12-21-22(15)18(25-30-2)13-14-32(21,28)29)24(27)23-19(26)9-6-10-20(23)31-16-7-4-3-5-8-16/h3-5,7-8,11-12,20,23H,6,9-10,13-14H2,1-2H3/b25-18+. The van der Waals surface area contributed by atoms with Crippen LogP contribution in [0.1, 0.15) is 47.2 Å². The van der Waals surface area contributed by atoms with Gasteiger partial charge in [-0.3, -0.25) is 9.59 Å². The van der Waals surface area contributed by atoms with Crippen LogP contribution in [0.3, 0.4) is 0 Å². The van der Waals surface area contributed by atoms with E-state index in [-0.39, 0.29) is 33.9 Å². The molecule has 6 nitrogen and oxygen atoms in total. The zero-order valence-corrected chi connectivity index (χ0v) is 19.7. The lowest BCUT2D eigenvalue weighted by Gasteiger charge is -2.30. The number of carbonyl (C=O) groups is 2. The van der Waals surface area contributed by atoms with Crippen molar-refractivity contribution in [2.45, 2.75) is 47.6 Å². The van der Waals surface area contributed by atoms with Crippen LogP contribution >= 0.6 is 11.8 Å². The molecule has 1 aliphatic carbocycles.